The third-order valence-electron chi connectivity index (χ3n) is 7.46. The van der Waals surface area contributed by atoms with Crippen LogP contribution in [-0.4, -0.2) is 38.8 Å². The highest BCUT2D eigenvalue weighted by atomic mass is 35.5. The number of hydrogen-bond acceptors (Lipinski definition) is 4. The molecular weight excluding hydrogens is 547 g/mol. The normalized spacial score (nSPS) is 14.9. The Morgan fingerprint density at radius 3 is 2.45 bits per heavy atom. The number of hydrogen-bond donors (Lipinski definition) is 5. The number of carbonyl (C=O) groups excluding carboxylic acids is 2. The molecule has 4 aromatic rings. The summed E-state index contributed by atoms with van der Waals surface area (Å²) in [6.45, 7) is 0.379. The van der Waals surface area contributed by atoms with Crippen LogP contribution in [-0.2, 0) is 29.0 Å². The molecule has 214 valence electrons. The van der Waals surface area contributed by atoms with Gasteiger partial charge in [0.15, 0.2) is 0 Å². The van der Waals surface area contributed by atoms with Crippen molar-refractivity contribution in [2.24, 2.45) is 5.73 Å². The largest absolute Gasteiger partial charge is 0.361 e. The van der Waals surface area contributed by atoms with E-state index in [1.54, 1.807) is 6.20 Å². The van der Waals surface area contributed by atoms with Gasteiger partial charge in [0.2, 0.25) is 11.8 Å². The first-order valence-electron chi connectivity index (χ1n) is 13.5. The van der Waals surface area contributed by atoms with Crippen LogP contribution in [0.1, 0.15) is 60.7 Å². The number of para-hydroxylation sites is 1. The molecule has 0 unspecified atom stereocenters. The number of carbonyl (C=O) groups is 2. The molecule has 6 N–H and O–H groups in total. The number of H-pyrrole nitrogens is 2. The number of nitrogens with two attached hydrogens (primary N) is 1. The van der Waals surface area contributed by atoms with Crippen molar-refractivity contribution in [2.75, 3.05) is 0 Å². The highest BCUT2D eigenvalue weighted by molar-refractivity contribution is 5.91. The number of halogens is 2. The van der Waals surface area contributed by atoms with Crippen molar-refractivity contribution in [3.8, 4) is 0 Å². The fourth-order valence-corrected chi connectivity index (χ4v) is 5.31. The summed E-state index contributed by atoms with van der Waals surface area (Å²) in [5.41, 5.74) is 10.1. The van der Waals surface area contributed by atoms with Gasteiger partial charge in [0, 0.05) is 47.9 Å². The van der Waals surface area contributed by atoms with Crippen LogP contribution < -0.4 is 16.4 Å². The molecule has 2 atom stereocenters. The number of amides is 2. The maximum atomic E-state index is 13.3. The predicted octanol–water partition coefficient (Wildman–Crippen LogP) is 4.70. The number of nitrogens with zero attached hydrogens (tertiary/aromatic N) is 1. The number of imidazole rings is 1. The lowest BCUT2D eigenvalue weighted by Crippen LogP contribution is -2.53. The van der Waals surface area contributed by atoms with Crippen LogP contribution in [0.15, 0.2) is 67.0 Å². The van der Waals surface area contributed by atoms with Crippen molar-refractivity contribution in [1.29, 1.82) is 0 Å². The Bertz CT molecular complexity index is 1370. The van der Waals surface area contributed by atoms with Crippen molar-refractivity contribution in [1.82, 2.24) is 25.6 Å². The summed E-state index contributed by atoms with van der Waals surface area (Å²) in [7, 11) is 0. The van der Waals surface area contributed by atoms with E-state index in [1.165, 1.54) is 19.3 Å². The minimum absolute atomic E-state index is 0. The third kappa shape index (κ3) is 7.87. The fourth-order valence-electron chi connectivity index (χ4n) is 5.31. The molecule has 0 spiro atoms. The second kappa shape index (κ2) is 14.9. The lowest BCUT2D eigenvalue weighted by molar-refractivity contribution is -0.129. The maximum Gasteiger partial charge on any atom is 0.243 e. The van der Waals surface area contributed by atoms with Crippen LogP contribution in [0.2, 0.25) is 0 Å². The topological polar surface area (TPSA) is 129 Å². The van der Waals surface area contributed by atoms with Gasteiger partial charge >= 0.3 is 0 Å². The fraction of sp³-hybridized carbons (Fsp3) is 0.367. The Hall–Kier alpha value is -3.33. The van der Waals surface area contributed by atoms with Crippen LogP contribution >= 0.6 is 24.8 Å². The van der Waals surface area contributed by atoms with Crippen LogP contribution in [0.5, 0.6) is 0 Å². The molecule has 0 aliphatic heterocycles. The van der Waals surface area contributed by atoms with E-state index in [2.05, 4.69) is 25.6 Å². The molecule has 5 rings (SSSR count). The molecule has 1 saturated carbocycles. The predicted molar refractivity (Wildman–Crippen MR) is 163 cm³/mol. The Morgan fingerprint density at radius 2 is 1.68 bits per heavy atom. The van der Waals surface area contributed by atoms with E-state index in [4.69, 9.17) is 5.73 Å². The SMILES string of the molecule is Cl.Cl.N[C@@H](Cc1c[nH]c2ccccc12)C(=O)N[C@@H](Cc1cnc(C2CCCCC2)[nH]1)C(=O)NCc1ccccc1. The number of aromatic amines is 2. The van der Waals surface area contributed by atoms with Gasteiger partial charge in [-0.1, -0.05) is 67.8 Å². The zero-order chi connectivity index (χ0) is 26.3. The average molecular weight is 586 g/mol. The number of nitrogens with one attached hydrogen (secondary N) is 4. The molecule has 8 nitrogen and oxygen atoms in total. The molecule has 2 amide bonds. The van der Waals surface area contributed by atoms with Gasteiger partial charge in [0.1, 0.15) is 11.9 Å². The van der Waals surface area contributed by atoms with E-state index in [9.17, 15) is 9.59 Å². The molecule has 1 fully saturated rings. The summed E-state index contributed by atoms with van der Waals surface area (Å²) < 4.78 is 0. The van der Waals surface area contributed by atoms with Crippen molar-refractivity contribution >= 4 is 47.5 Å². The van der Waals surface area contributed by atoms with Gasteiger partial charge < -0.3 is 26.3 Å². The average Bonchev–Trinajstić information content (AvgIpc) is 3.60. The molecule has 2 aromatic carbocycles. The van der Waals surface area contributed by atoms with Crippen LogP contribution in [0.4, 0.5) is 0 Å². The van der Waals surface area contributed by atoms with E-state index < -0.39 is 12.1 Å². The van der Waals surface area contributed by atoms with Gasteiger partial charge in [0.05, 0.1) is 6.04 Å². The maximum absolute atomic E-state index is 13.3. The van der Waals surface area contributed by atoms with E-state index in [0.29, 0.717) is 25.3 Å². The first-order chi connectivity index (χ1) is 18.6. The van der Waals surface area contributed by atoms with E-state index in [1.807, 2.05) is 60.8 Å². The number of benzene rings is 2. The third-order valence-corrected chi connectivity index (χ3v) is 7.46. The molecule has 1 aliphatic rings. The smallest absolute Gasteiger partial charge is 0.243 e. The minimum Gasteiger partial charge on any atom is -0.361 e. The van der Waals surface area contributed by atoms with Crippen molar-refractivity contribution in [3.63, 3.8) is 0 Å². The van der Waals surface area contributed by atoms with Gasteiger partial charge in [-0.05, 0) is 36.5 Å². The Morgan fingerprint density at radius 1 is 0.950 bits per heavy atom. The highest BCUT2D eigenvalue weighted by Crippen LogP contribution is 2.30. The molecule has 0 radical (unpaired) electrons. The summed E-state index contributed by atoms with van der Waals surface area (Å²) in [4.78, 5) is 37.7. The quantitative estimate of drug-likeness (QED) is 0.185. The first kappa shape index (κ1) is 31.2. The van der Waals surface area contributed by atoms with Crippen LogP contribution in [0.25, 0.3) is 10.9 Å². The van der Waals surface area contributed by atoms with Gasteiger partial charge in [0.25, 0.3) is 0 Å². The van der Waals surface area contributed by atoms with Gasteiger partial charge in [-0.25, -0.2) is 4.98 Å². The second-order valence-corrected chi connectivity index (χ2v) is 10.3. The molecule has 1 aliphatic carbocycles. The van der Waals surface area contributed by atoms with Crippen molar-refractivity contribution < 1.29 is 9.59 Å². The highest BCUT2D eigenvalue weighted by Gasteiger charge is 2.26. The van der Waals surface area contributed by atoms with Crippen LogP contribution in [0.3, 0.4) is 0 Å². The lowest BCUT2D eigenvalue weighted by atomic mass is 9.89. The minimum atomic E-state index is -0.793. The van der Waals surface area contributed by atoms with Crippen molar-refractivity contribution in [2.45, 2.75) is 69.5 Å². The Balaban J connectivity index is 0.00000220. The summed E-state index contributed by atoms with van der Waals surface area (Å²) in [5, 5.41) is 6.93. The zero-order valence-electron chi connectivity index (χ0n) is 22.4. The van der Waals surface area contributed by atoms with Gasteiger partial charge in [-0.2, -0.15) is 0 Å². The Labute approximate surface area is 247 Å². The number of rotatable bonds is 10. The van der Waals surface area contributed by atoms with Crippen molar-refractivity contribution in [3.05, 3.63) is 89.6 Å². The summed E-state index contributed by atoms with van der Waals surface area (Å²) in [5.74, 6) is 0.796. The molecule has 40 heavy (non-hydrogen) atoms. The zero-order valence-corrected chi connectivity index (χ0v) is 24.0. The summed E-state index contributed by atoms with van der Waals surface area (Å²) >= 11 is 0. The molecule has 0 saturated heterocycles. The molecule has 10 heteroatoms. The van der Waals surface area contributed by atoms with Crippen LogP contribution in [0, 0.1) is 0 Å². The number of fused-ring (bicyclic) bond motifs is 1. The van der Waals surface area contributed by atoms with E-state index in [0.717, 1.165) is 46.4 Å². The lowest BCUT2D eigenvalue weighted by Gasteiger charge is -2.21. The standard InChI is InChI=1S/C30H36N6O2.2ClH/c31-25(15-22-18-32-26-14-8-7-13-24(22)26)29(37)36-27(30(38)34-17-20-9-3-1-4-10-20)16-23-19-33-28(35-23)21-11-5-2-6-12-21;;/h1,3-4,7-10,13-14,18-19,21,25,27,32H,2,5-6,11-12,15-17,31H2,(H,33,35)(H,34,38)(H,36,37);2*1H/t25-,27-;;/m0../s1. The Kier molecular flexibility index (Phi) is 11.6. The van der Waals surface area contributed by atoms with Gasteiger partial charge in [-0.3, -0.25) is 9.59 Å². The molecule has 2 heterocycles. The van der Waals surface area contributed by atoms with Gasteiger partial charge in [-0.15, -0.1) is 24.8 Å². The van der Waals surface area contributed by atoms with E-state index in [-0.39, 0.29) is 36.6 Å². The monoisotopic (exact) mass is 584 g/mol. The first-order valence-corrected chi connectivity index (χ1v) is 13.5. The molecule has 2 aromatic heterocycles. The summed E-state index contributed by atoms with van der Waals surface area (Å²) in [6.07, 6.45) is 10.3. The molecular formula is C30H38Cl2N6O2. The van der Waals surface area contributed by atoms with E-state index >= 15 is 0 Å². The second-order valence-electron chi connectivity index (χ2n) is 10.3. The summed E-state index contributed by atoms with van der Waals surface area (Å²) in [6, 6.07) is 16.1. The molecule has 0 bridgehead atoms. The number of aromatic nitrogens is 3.